The van der Waals surface area contributed by atoms with Crippen LogP contribution in [0, 0.1) is 16.0 Å². The molecule has 1 saturated heterocycles. The van der Waals surface area contributed by atoms with E-state index in [1.165, 1.54) is 26.0 Å². The van der Waals surface area contributed by atoms with Crippen molar-refractivity contribution in [3.63, 3.8) is 0 Å². The van der Waals surface area contributed by atoms with Crippen molar-refractivity contribution < 1.29 is 38.3 Å². The lowest BCUT2D eigenvalue weighted by Gasteiger charge is -2.34. The lowest BCUT2D eigenvalue weighted by atomic mass is 9.94. The minimum atomic E-state index is -1.39. The molecule has 2 aromatic rings. The number of nitro benzene ring substituents is 1. The van der Waals surface area contributed by atoms with Gasteiger partial charge in [0.25, 0.3) is 5.79 Å². The SMILES string of the molecule is CC(C)(C)OC(=O)NC(Cc1ccc(OCc2ccccc2)c([N+](=O)[O-])c1)CC1C(=O)OC(C)(C)OC1=O. The van der Waals surface area contributed by atoms with Crippen molar-refractivity contribution in [2.75, 3.05) is 0 Å². The molecule has 0 bridgehead atoms. The Labute approximate surface area is 220 Å². The molecule has 1 atom stereocenters. The van der Waals surface area contributed by atoms with Gasteiger partial charge in [-0.15, -0.1) is 0 Å². The topological polar surface area (TPSA) is 143 Å². The zero-order valence-electron chi connectivity index (χ0n) is 22.0. The highest BCUT2D eigenvalue weighted by Gasteiger charge is 2.44. The van der Waals surface area contributed by atoms with Crippen molar-refractivity contribution in [3.8, 4) is 5.75 Å². The number of amides is 1. The predicted molar refractivity (Wildman–Crippen MR) is 135 cm³/mol. The van der Waals surface area contributed by atoms with E-state index in [9.17, 15) is 24.5 Å². The van der Waals surface area contributed by atoms with Crippen LogP contribution in [0.5, 0.6) is 5.75 Å². The molecule has 1 N–H and O–H groups in total. The van der Waals surface area contributed by atoms with Crippen molar-refractivity contribution in [1.29, 1.82) is 0 Å². The van der Waals surface area contributed by atoms with Crippen LogP contribution in [0.1, 0.15) is 52.2 Å². The quantitative estimate of drug-likeness (QED) is 0.216. The van der Waals surface area contributed by atoms with Crippen molar-refractivity contribution in [3.05, 3.63) is 69.8 Å². The van der Waals surface area contributed by atoms with E-state index >= 15 is 0 Å². The summed E-state index contributed by atoms with van der Waals surface area (Å²) in [4.78, 5) is 48.8. The summed E-state index contributed by atoms with van der Waals surface area (Å²) in [6, 6.07) is 12.8. The fraction of sp³-hybridized carbons (Fsp3) is 0.444. The molecule has 1 fully saturated rings. The van der Waals surface area contributed by atoms with Crippen LogP contribution in [0.4, 0.5) is 10.5 Å². The first-order chi connectivity index (χ1) is 17.7. The van der Waals surface area contributed by atoms with Crippen LogP contribution in [0.2, 0.25) is 0 Å². The largest absolute Gasteiger partial charge is 0.482 e. The van der Waals surface area contributed by atoms with Gasteiger partial charge in [-0.2, -0.15) is 0 Å². The van der Waals surface area contributed by atoms with Crippen molar-refractivity contribution >= 4 is 23.7 Å². The minimum Gasteiger partial charge on any atom is -0.482 e. The second-order valence-electron chi connectivity index (χ2n) is 10.4. The number of nitro groups is 1. The van der Waals surface area contributed by atoms with Gasteiger partial charge >= 0.3 is 23.7 Å². The highest BCUT2D eigenvalue weighted by atomic mass is 16.7. The van der Waals surface area contributed by atoms with Gasteiger partial charge in [0.05, 0.1) is 4.92 Å². The van der Waals surface area contributed by atoms with E-state index in [4.69, 9.17) is 18.9 Å². The van der Waals surface area contributed by atoms with Gasteiger partial charge in [-0.05, 0) is 50.8 Å². The second-order valence-corrected chi connectivity index (χ2v) is 10.4. The molecule has 38 heavy (non-hydrogen) atoms. The number of carbonyl (C=O) groups excluding carboxylic acids is 3. The van der Waals surface area contributed by atoms with E-state index in [1.807, 2.05) is 30.3 Å². The molecular weight excluding hydrogens is 496 g/mol. The van der Waals surface area contributed by atoms with Gasteiger partial charge < -0.3 is 24.3 Å². The maximum Gasteiger partial charge on any atom is 0.407 e. The lowest BCUT2D eigenvalue weighted by molar-refractivity contribution is -0.386. The standard InChI is InChI=1S/C27H32N2O9/c1-26(2,3)38-25(32)28-19(15-20-23(30)36-27(4,5)37-24(20)31)13-18-11-12-22(21(14-18)29(33)34)35-16-17-9-7-6-8-10-17/h6-12,14,19-20H,13,15-16H2,1-5H3,(H,28,32). The average molecular weight is 529 g/mol. The Morgan fingerprint density at radius 1 is 1.08 bits per heavy atom. The zero-order valence-corrected chi connectivity index (χ0v) is 22.0. The fourth-order valence-corrected chi connectivity index (χ4v) is 3.86. The normalized spacial score (nSPS) is 16.1. The molecule has 1 aliphatic rings. The Bertz CT molecular complexity index is 1170. The number of benzene rings is 2. The summed E-state index contributed by atoms with van der Waals surface area (Å²) in [5.41, 5.74) is 0.273. The lowest BCUT2D eigenvalue weighted by Crippen LogP contribution is -2.49. The van der Waals surface area contributed by atoms with E-state index in [1.54, 1.807) is 26.8 Å². The third-order valence-corrected chi connectivity index (χ3v) is 5.44. The monoisotopic (exact) mass is 528 g/mol. The molecule has 11 heteroatoms. The van der Waals surface area contributed by atoms with Crippen LogP contribution >= 0.6 is 0 Å². The van der Waals surface area contributed by atoms with Crippen molar-refractivity contribution in [1.82, 2.24) is 5.32 Å². The molecule has 3 rings (SSSR count). The Morgan fingerprint density at radius 3 is 2.29 bits per heavy atom. The van der Waals surface area contributed by atoms with Crippen LogP contribution in [0.15, 0.2) is 48.5 Å². The van der Waals surface area contributed by atoms with E-state index in [0.717, 1.165) is 5.56 Å². The van der Waals surface area contributed by atoms with Crippen LogP contribution in [0.3, 0.4) is 0 Å². The molecule has 0 aliphatic carbocycles. The maximum absolute atomic E-state index is 12.5. The van der Waals surface area contributed by atoms with Gasteiger partial charge in [0.15, 0.2) is 11.7 Å². The fourth-order valence-electron chi connectivity index (χ4n) is 3.86. The third kappa shape index (κ3) is 8.19. The van der Waals surface area contributed by atoms with Gasteiger partial charge in [0, 0.05) is 26.0 Å². The first-order valence-electron chi connectivity index (χ1n) is 12.1. The van der Waals surface area contributed by atoms with Crippen LogP contribution in [0.25, 0.3) is 0 Å². The first kappa shape index (κ1) is 28.4. The third-order valence-electron chi connectivity index (χ3n) is 5.44. The Hall–Kier alpha value is -4.15. The first-order valence-corrected chi connectivity index (χ1v) is 12.1. The van der Waals surface area contributed by atoms with Gasteiger partial charge in [-0.3, -0.25) is 19.7 Å². The Kier molecular flexibility index (Phi) is 8.60. The van der Waals surface area contributed by atoms with Crippen molar-refractivity contribution in [2.45, 2.75) is 71.5 Å². The maximum atomic E-state index is 12.5. The highest BCUT2D eigenvalue weighted by molar-refractivity contribution is 5.96. The summed E-state index contributed by atoms with van der Waals surface area (Å²) < 4.78 is 21.4. The van der Waals surface area contributed by atoms with Crippen LogP contribution in [-0.4, -0.2) is 40.4 Å². The van der Waals surface area contributed by atoms with Gasteiger partial charge in [-0.1, -0.05) is 36.4 Å². The summed E-state index contributed by atoms with van der Waals surface area (Å²) in [5, 5.41) is 14.4. The molecule has 1 aliphatic heterocycles. The van der Waals surface area contributed by atoms with Crippen LogP contribution in [-0.2, 0) is 36.8 Å². The molecule has 0 spiro atoms. The number of carbonyl (C=O) groups is 3. The number of esters is 2. The number of hydrogen-bond donors (Lipinski definition) is 1. The molecule has 1 unspecified atom stereocenters. The van der Waals surface area contributed by atoms with Gasteiger partial charge in [-0.25, -0.2) is 4.79 Å². The number of nitrogens with one attached hydrogen (secondary N) is 1. The smallest absolute Gasteiger partial charge is 0.407 e. The summed E-state index contributed by atoms with van der Waals surface area (Å²) >= 11 is 0. The van der Waals surface area contributed by atoms with Crippen LogP contribution < -0.4 is 10.1 Å². The van der Waals surface area contributed by atoms with Gasteiger partial charge in [0.1, 0.15) is 12.2 Å². The zero-order chi connectivity index (χ0) is 28.1. The van der Waals surface area contributed by atoms with E-state index < -0.39 is 46.3 Å². The van der Waals surface area contributed by atoms with Crippen molar-refractivity contribution in [2.24, 2.45) is 5.92 Å². The summed E-state index contributed by atoms with van der Waals surface area (Å²) in [6.07, 6.45) is -0.871. The summed E-state index contributed by atoms with van der Waals surface area (Å²) in [5.74, 6) is -4.15. The van der Waals surface area contributed by atoms with E-state index in [0.29, 0.717) is 5.56 Å². The molecule has 0 saturated carbocycles. The number of cyclic esters (lactones) is 2. The molecular formula is C27H32N2O9. The number of rotatable bonds is 9. The molecule has 204 valence electrons. The average Bonchev–Trinajstić information content (AvgIpc) is 2.79. The Balaban J connectivity index is 1.81. The minimum absolute atomic E-state index is 0.0551. The Morgan fingerprint density at radius 2 is 1.71 bits per heavy atom. The molecule has 0 aromatic heterocycles. The molecule has 1 amide bonds. The summed E-state index contributed by atoms with van der Waals surface area (Å²) in [6.45, 7) is 8.10. The molecule has 2 aromatic carbocycles. The summed E-state index contributed by atoms with van der Waals surface area (Å²) in [7, 11) is 0. The predicted octanol–water partition coefficient (Wildman–Crippen LogP) is 4.45. The molecule has 0 radical (unpaired) electrons. The van der Waals surface area contributed by atoms with E-state index in [2.05, 4.69) is 5.32 Å². The number of alkyl carbamates (subject to hydrolysis) is 1. The molecule has 1 heterocycles. The van der Waals surface area contributed by atoms with Gasteiger partial charge in [0.2, 0.25) is 0 Å². The second kappa shape index (κ2) is 11.5. The number of hydrogen-bond acceptors (Lipinski definition) is 9. The molecule has 11 nitrogen and oxygen atoms in total. The number of ether oxygens (including phenoxy) is 4. The highest BCUT2D eigenvalue weighted by Crippen LogP contribution is 2.31. The number of nitrogens with zero attached hydrogens (tertiary/aromatic N) is 1. The van der Waals surface area contributed by atoms with E-state index in [-0.39, 0.29) is 30.9 Å².